The highest BCUT2D eigenvalue weighted by Gasteiger charge is 2.35. The number of hydrazone groups is 1. The summed E-state index contributed by atoms with van der Waals surface area (Å²) >= 11 is 5.06. The van der Waals surface area contributed by atoms with Gasteiger partial charge in [0.1, 0.15) is 22.3 Å². The Balaban J connectivity index is 1.85. The van der Waals surface area contributed by atoms with Crippen LogP contribution in [0, 0.1) is 5.82 Å². The van der Waals surface area contributed by atoms with Gasteiger partial charge in [-0.25, -0.2) is 4.39 Å². The van der Waals surface area contributed by atoms with E-state index in [1.165, 1.54) is 30.5 Å². The normalized spacial score (nSPS) is 12.6. The van der Waals surface area contributed by atoms with Crippen LogP contribution in [0.2, 0.25) is 0 Å². The molecule has 0 radical (unpaired) electrons. The number of ether oxygens (including phenoxy) is 2. The van der Waals surface area contributed by atoms with Crippen molar-refractivity contribution in [3.63, 3.8) is 0 Å². The third-order valence-electron chi connectivity index (χ3n) is 4.40. The van der Waals surface area contributed by atoms with E-state index in [1.807, 2.05) is 0 Å². The Kier molecular flexibility index (Phi) is 11.1. The van der Waals surface area contributed by atoms with E-state index >= 15 is 0 Å². The van der Waals surface area contributed by atoms with Gasteiger partial charge in [-0.1, -0.05) is 12.2 Å². The molecular formula is C22H26F4N3O3PS. The van der Waals surface area contributed by atoms with E-state index in [0.29, 0.717) is 36.9 Å². The lowest BCUT2D eigenvalue weighted by Gasteiger charge is -2.16. The third kappa shape index (κ3) is 9.50. The number of hydrogen-bond acceptors (Lipinski definition) is 6. The van der Waals surface area contributed by atoms with Crippen molar-refractivity contribution in [2.75, 3.05) is 19.8 Å². The minimum Gasteiger partial charge on any atom is -0.493 e. The van der Waals surface area contributed by atoms with Crippen LogP contribution < -0.4 is 25.9 Å². The topological polar surface area (TPSA) is 89.1 Å². The van der Waals surface area contributed by atoms with Gasteiger partial charge in [-0.2, -0.15) is 18.3 Å². The minimum atomic E-state index is -4.64. The van der Waals surface area contributed by atoms with Crippen LogP contribution in [0.4, 0.5) is 17.6 Å². The standard InChI is InChI=1S/C22H26F4N3O3PS/c23-15-9-17(11-18(33)10-15)31-6-2-1-3-7-32-20-5-4-14(8-19(20)22(24,25)26)21(34)29-28-12-16(27)13-30/h4-5,8-12,16,30H,1-3,6-7,13,27,33H2,(H,29,34)/b28-12+. The van der Waals surface area contributed by atoms with Crippen LogP contribution in [-0.2, 0) is 6.18 Å². The molecular weight excluding hydrogens is 493 g/mol. The number of thiocarbonyl (C=S) groups is 1. The van der Waals surface area contributed by atoms with E-state index in [9.17, 15) is 17.6 Å². The number of nitrogens with one attached hydrogen (secondary N) is 1. The van der Waals surface area contributed by atoms with Gasteiger partial charge in [0.15, 0.2) is 0 Å². The molecule has 12 heteroatoms. The second-order valence-electron chi connectivity index (χ2n) is 7.25. The second-order valence-corrected chi connectivity index (χ2v) is 8.33. The fraction of sp³-hybridized carbons (Fsp3) is 0.364. The van der Waals surface area contributed by atoms with E-state index in [2.05, 4.69) is 19.8 Å². The molecule has 34 heavy (non-hydrogen) atoms. The average molecular weight is 520 g/mol. The van der Waals surface area contributed by atoms with Gasteiger partial charge < -0.3 is 20.3 Å². The average Bonchev–Trinajstić information content (AvgIpc) is 2.77. The fourth-order valence-electron chi connectivity index (χ4n) is 2.74. The highest BCUT2D eigenvalue weighted by Crippen LogP contribution is 2.37. The number of aliphatic hydroxyl groups is 1. The number of nitrogens with zero attached hydrogens (tertiary/aromatic N) is 1. The number of hydrogen-bond donors (Lipinski definition) is 3. The van der Waals surface area contributed by atoms with E-state index < -0.39 is 23.6 Å². The Morgan fingerprint density at radius 3 is 2.50 bits per heavy atom. The molecule has 186 valence electrons. The predicted molar refractivity (Wildman–Crippen MR) is 130 cm³/mol. The lowest BCUT2D eigenvalue weighted by atomic mass is 10.1. The lowest BCUT2D eigenvalue weighted by Crippen LogP contribution is -2.28. The summed E-state index contributed by atoms with van der Waals surface area (Å²) < 4.78 is 64.8. The van der Waals surface area contributed by atoms with Gasteiger partial charge in [0.25, 0.3) is 0 Å². The summed E-state index contributed by atoms with van der Waals surface area (Å²) in [6.45, 7) is 0.109. The van der Waals surface area contributed by atoms with Crippen LogP contribution in [-0.4, -0.2) is 42.2 Å². The summed E-state index contributed by atoms with van der Waals surface area (Å²) in [6.07, 6.45) is -1.64. The van der Waals surface area contributed by atoms with Crippen molar-refractivity contribution in [2.24, 2.45) is 10.8 Å². The monoisotopic (exact) mass is 519 g/mol. The van der Waals surface area contributed by atoms with Crippen molar-refractivity contribution < 1.29 is 32.1 Å². The van der Waals surface area contributed by atoms with Crippen LogP contribution in [0.1, 0.15) is 30.4 Å². The van der Waals surface area contributed by atoms with E-state index in [1.54, 1.807) is 6.07 Å². The Labute approximate surface area is 202 Å². The summed E-state index contributed by atoms with van der Waals surface area (Å²) in [6, 6.07) is 7.13. The first-order chi connectivity index (χ1) is 16.1. The molecule has 0 spiro atoms. The smallest absolute Gasteiger partial charge is 0.419 e. The van der Waals surface area contributed by atoms with Gasteiger partial charge >= 0.3 is 6.18 Å². The third-order valence-corrected chi connectivity index (χ3v) is 5.06. The maximum atomic E-state index is 13.5. The van der Waals surface area contributed by atoms with E-state index in [-0.39, 0.29) is 29.5 Å². The van der Waals surface area contributed by atoms with Crippen molar-refractivity contribution >= 4 is 38.0 Å². The molecule has 0 aliphatic rings. The maximum absolute atomic E-state index is 13.5. The first-order valence-electron chi connectivity index (χ1n) is 10.3. The number of nitrogens with two attached hydrogens (primary N) is 1. The highest BCUT2D eigenvalue weighted by atomic mass is 32.1. The molecule has 0 aliphatic heterocycles. The van der Waals surface area contributed by atoms with Crippen LogP contribution in [0.25, 0.3) is 0 Å². The van der Waals surface area contributed by atoms with Gasteiger partial charge in [-0.05, 0) is 54.9 Å². The number of alkyl halides is 3. The molecule has 0 aromatic heterocycles. The predicted octanol–water partition coefficient (Wildman–Crippen LogP) is 3.54. The van der Waals surface area contributed by atoms with Gasteiger partial charge in [0, 0.05) is 17.8 Å². The molecule has 0 amide bonds. The summed E-state index contributed by atoms with van der Waals surface area (Å²) in [7, 11) is 2.40. The van der Waals surface area contributed by atoms with Gasteiger partial charge in [-0.3, -0.25) is 5.43 Å². The molecule has 4 N–H and O–H groups in total. The summed E-state index contributed by atoms with van der Waals surface area (Å²) in [5.41, 5.74) is 7.02. The van der Waals surface area contributed by atoms with Crippen LogP contribution >= 0.6 is 21.5 Å². The zero-order valence-corrected chi connectivity index (χ0v) is 20.1. The van der Waals surface area contributed by atoms with E-state index in [0.717, 1.165) is 6.07 Å². The molecule has 6 nitrogen and oxygen atoms in total. The second kappa shape index (κ2) is 13.5. The van der Waals surface area contributed by atoms with Gasteiger partial charge in [0.2, 0.25) is 0 Å². The summed E-state index contributed by atoms with van der Waals surface area (Å²) in [5.74, 6) is -0.267. The molecule has 2 atom stereocenters. The maximum Gasteiger partial charge on any atom is 0.419 e. The molecule has 2 aromatic rings. The lowest BCUT2D eigenvalue weighted by molar-refractivity contribution is -0.139. The van der Waals surface area contributed by atoms with Crippen molar-refractivity contribution in [1.29, 1.82) is 0 Å². The van der Waals surface area contributed by atoms with Gasteiger partial charge in [-0.15, -0.1) is 9.24 Å². The SMILES string of the molecule is NC(/C=N/NC(=S)c1ccc(OCCCCCOc2cc(F)cc(P)c2)c(C(F)(F)F)c1)CO. The summed E-state index contributed by atoms with van der Waals surface area (Å²) in [4.78, 5) is -0.0366. The number of aliphatic hydroxyl groups excluding tert-OH is 1. The van der Waals surface area contributed by atoms with E-state index in [4.69, 9.17) is 32.5 Å². The van der Waals surface area contributed by atoms with Crippen molar-refractivity contribution in [3.8, 4) is 11.5 Å². The molecule has 0 saturated heterocycles. The number of benzene rings is 2. The zero-order chi connectivity index (χ0) is 25.1. The molecule has 0 aliphatic carbocycles. The van der Waals surface area contributed by atoms with Crippen molar-refractivity contribution in [1.82, 2.24) is 5.43 Å². The van der Waals surface area contributed by atoms with Crippen LogP contribution in [0.3, 0.4) is 0 Å². The Morgan fingerprint density at radius 1 is 1.15 bits per heavy atom. The molecule has 2 unspecified atom stereocenters. The number of halogens is 4. The first kappa shape index (κ1) is 27.9. The summed E-state index contributed by atoms with van der Waals surface area (Å²) in [5, 5.41) is 13.2. The van der Waals surface area contributed by atoms with Gasteiger partial charge in [0.05, 0.1) is 31.4 Å². The Hall–Kier alpha value is -2.33. The minimum absolute atomic E-state index is 0.0366. The van der Waals surface area contributed by atoms with Crippen LogP contribution in [0.5, 0.6) is 11.5 Å². The zero-order valence-electron chi connectivity index (χ0n) is 18.1. The molecule has 2 aromatic carbocycles. The van der Waals surface area contributed by atoms with Crippen molar-refractivity contribution in [3.05, 3.63) is 53.3 Å². The van der Waals surface area contributed by atoms with Crippen molar-refractivity contribution in [2.45, 2.75) is 31.5 Å². The molecule has 0 saturated carbocycles. The molecule has 0 heterocycles. The number of unbranched alkanes of at least 4 members (excludes halogenated alkanes) is 2. The first-order valence-corrected chi connectivity index (χ1v) is 11.3. The highest BCUT2D eigenvalue weighted by molar-refractivity contribution is 7.80. The van der Waals surface area contributed by atoms with Crippen LogP contribution in [0.15, 0.2) is 41.5 Å². The molecule has 2 rings (SSSR count). The number of rotatable bonds is 12. The molecule has 0 fully saturated rings. The Bertz CT molecular complexity index is 972. The fourth-order valence-corrected chi connectivity index (χ4v) is 3.25. The largest absolute Gasteiger partial charge is 0.493 e. The molecule has 0 bridgehead atoms. The Morgan fingerprint density at radius 2 is 1.85 bits per heavy atom. The quantitative estimate of drug-likeness (QED) is 0.0993.